The van der Waals surface area contributed by atoms with Crippen molar-refractivity contribution in [1.82, 2.24) is 9.88 Å². The number of halogens is 1. The lowest BCUT2D eigenvalue weighted by atomic mass is 10.2. The summed E-state index contributed by atoms with van der Waals surface area (Å²) in [5.41, 5.74) is 0.388. The molecule has 0 aliphatic carbocycles. The van der Waals surface area contributed by atoms with Gasteiger partial charge < -0.3 is 4.90 Å². The van der Waals surface area contributed by atoms with Crippen molar-refractivity contribution in [2.24, 2.45) is 0 Å². The maximum absolute atomic E-state index is 12.7. The van der Waals surface area contributed by atoms with Crippen molar-refractivity contribution in [3.63, 3.8) is 0 Å². The van der Waals surface area contributed by atoms with Crippen LogP contribution >= 0.6 is 0 Å². The molecule has 0 spiro atoms. The Morgan fingerprint density at radius 1 is 1.43 bits per heavy atom. The molecule has 1 saturated heterocycles. The van der Waals surface area contributed by atoms with Gasteiger partial charge in [-0.15, -0.1) is 0 Å². The topological polar surface area (TPSA) is 33.2 Å². The maximum atomic E-state index is 12.7. The summed E-state index contributed by atoms with van der Waals surface area (Å²) in [5, 5.41) is 0. The number of nitrogens with zero attached hydrogens (tertiary/aromatic N) is 2. The van der Waals surface area contributed by atoms with Gasteiger partial charge in [-0.05, 0) is 18.9 Å². The summed E-state index contributed by atoms with van der Waals surface area (Å²) in [6, 6.07) is 2.73. The highest BCUT2D eigenvalue weighted by Gasteiger charge is 2.19. The molecule has 3 nitrogen and oxygen atoms in total. The molecule has 4 heteroatoms. The monoisotopic (exact) mass is 194 g/mol. The zero-order valence-electron chi connectivity index (χ0n) is 7.74. The second-order valence-corrected chi connectivity index (χ2v) is 3.37. The van der Waals surface area contributed by atoms with E-state index in [4.69, 9.17) is 0 Å². The standard InChI is InChI=1S/C10H11FN2O/c11-9-7-8(3-4-12-9)10(14)13-5-1-2-6-13/h3-4,7H,1-2,5-6H2. The Kier molecular flexibility index (Phi) is 2.43. The molecular formula is C10H11FN2O. The van der Waals surface area contributed by atoms with Crippen molar-refractivity contribution < 1.29 is 9.18 Å². The largest absolute Gasteiger partial charge is 0.339 e. The van der Waals surface area contributed by atoms with Crippen LogP contribution in [-0.2, 0) is 0 Å². The van der Waals surface area contributed by atoms with E-state index in [-0.39, 0.29) is 5.91 Å². The first-order chi connectivity index (χ1) is 6.77. The van der Waals surface area contributed by atoms with Gasteiger partial charge in [0.25, 0.3) is 5.91 Å². The summed E-state index contributed by atoms with van der Waals surface area (Å²) in [6.07, 6.45) is 3.40. The SMILES string of the molecule is O=C(c1ccnc(F)c1)N1CCCC1. The highest BCUT2D eigenvalue weighted by molar-refractivity contribution is 5.94. The van der Waals surface area contributed by atoms with Gasteiger partial charge in [-0.3, -0.25) is 4.79 Å². The number of likely N-dealkylation sites (tertiary alicyclic amines) is 1. The number of carbonyl (C=O) groups excluding carboxylic acids is 1. The quantitative estimate of drug-likeness (QED) is 0.634. The van der Waals surface area contributed by atoms with E-state index in [0.717, 1.165) is 25.9 Å². The lowest BCUT2D eigenvalue weighted by Gasteiger charge is -2.14. The van der Waals surface area contributed by atoms with Crippen molar-refractivity contribution >= 4 is 5.91 Å². The molecule has 74 valence electrons. The molecule has 0 bridgehead atoms. The van der Waals surface area contributed by atoms with Crippen LogP contribution < -0.4 is 0 Å². The second kappa shape index (κ2) is 3.74. The fourth-order valence-corrected chi connectivity index (χ4v) is 1.64. The molecule has 1 aliphatic heterocycles. The fraction of sp³-hybridized carbons (Fsp3) is 0.400. The Balaban J connectivity index is 2.17. The summed E-state index contributed by atoms with van der Waals surface area (Å²) in [5.74, 6) is -0.696. The van der Waals surface area contributed by atoms with Crippen LogP contribution in [0.5, 0.6) is 0 Å². The van der Waals surface area contributed by atoms with E-state index in [1.54, 1.807) is 11.0 Å². The predicted octanol–water partition coefficient (Wildman–Crippen LogP) is 1.46. The maximum Gasteiger partial charge on any atom is 0.254 e. The third-order valence-corrected chi connectivity index (χ3v) is 2.37. The molecule has 0 N–H and O–H groups in total. The molecule has 2 heterocycles. The lowest BCUT2D eigenvalue weighted by molar-refractivity contribution is 0.0792. The van der Waals surface area contributed by atoms with Crippen LogP contribution in [0.2, 0.25) is 0 Å². The Morgan fingerprint density at radius 2 is 2.14 bits per heavy atom. The number of hydrogen-bond acceptors (Lipinski definition) is 2. The zero-order chi connectivity index (χ0) is 9.97. The lowest BCUT2D eigenvalue weighted by Crippen LogP contribution is -2.27. The minimum Gasteiger partial charge on any atom is -0.339 e. The highest BCUT2D eigenvalue weighted by atomic mass is 19.1. The van der Waals surface area contributed by atoms with Crippen LogP contribution in [0.3, 0.4) is 0 Å². The molecule has 0 atom stereocenters. The highest BCUT2D eigenvalue weighted by Crippen LogP contribution is 2.12. The Hall–Kier alpha value is -1.45. The minimum atomic E-state index is -0.602. The van der Waals surface area contributed by atoms with Crippen LogP contribution in [-0.4, -0.2) is 28.9 Å². The number of carbonyl (C=O) groups is 1. The molecule has 14 heavy (non-hydrogen) atoms. The third kappa shape index (κ3) is 1.73. The van der Waals surface area contributed by atoms with Crippen LogP contribution in [0.1, 0.15) is 23.2 Å². The first-order valence-electron chi connectivity index (χ1n) is 4.68. The molecule has 1 aliphatic rings. The first-order valence-corrected chi connectivity index (χ1v) is 4.68. The molecule has 1 aromatic heterocycles. The van der Waals surface area contributed by atoms with Gasteiger partial charge in [-0.25, -0.2) is 4.98 Å². The number of rotatable bonds is 1. The molecule has 1 fully saturated rings. The van der Waals surface area contributed by atoms with E-state index in [9.17, 15) is 9.18 Å². The molecule has 1 amide bonds. The molecule has 0 saturated carbocycles. The molecule has 0 radical (unpaired) electrons. The second-order valence-electron chi connectivity index (χ2n) is 3.37. The van der Waals surface area contributed by atoms with E-state index in [1.807, 2.05) is 0 Å². The number of hydrogen-bond donors (Lipinski definition) is 0. The molecule has 1 aromatic rings. The van der Waals surface area contributed by atoms with Crippen LogP contribution in [0.15, 0.2) is 18.3 Å². The van der Waals surface area contributed by atoms with Crippen LogP contribution in [0.4, 0.5) is 4.39 Å². The summed E-state index contributed by atoms with van der Waals surface area (Å²) < 4.78 is 12.7. The number of aromatic nitrogens is 1. The van der Waals surface area contributed by atoms with Gasteiger partial charge in [0.05, 0.1) is 0 Å². The van der Waals surface area contributed by atoms with E-state index in [0.29, 0.717) is 5.56 Å². The van der Waals surface area contributed by atoms with Crippen LogP contribution in [0.25, 0.3) is 0 Å². The van der Waals surface area contributed by atoms with Crippen molar-refractivity contribution in [2.75, 3.05) is 13.1 Å². The number of pyridine rings is 1. The molecule has 0 aromatic carbocycles. The summed E-state index contributed by atoms with van der Waals surface area (Å²) in [6.45, 7) is 1.56. The molecule has 2 rings (SSSR count). The van der Waals surface area contributed by atoms with E-state index >= 15 is 0 Å². The van der Waals surface area contributed by atoms with E-state index in [2.05, 4.69) is 4.98 Å². The summed E-state index contributed by atoms with van der Waals surface area (Å²) >= 11 is 0. The van der Waals surface area contributed by atoms with Crippen molar-refractivity contribution in [3.05, 3.63) is 29.8 Å². The van der Waals surface area contributed by atoms with Gasteiger partial charge in [-0.2, -0.15) is 4.39 Å². The normalized spacial score (nSPS) is 15.9. The number of amides is 1. The average molecular weight is 194 g/mol. The van der Waals surface area contributed by atoms with Crippen molar-refractivity contribution in [1.29, 1.82) is 0 Å². The van der Waals surface area contributed by atoms with Gasteiger partial charge in [0.2, 0.25) is 5.95 Å². The van der Waals surface area contributed by atoms with E-state index in [1.165, 1.54) is 12.3 Å². The van der Waals surface area contributed by atoms with Crippen LogP contribution in [0, 0.1) is 5.95 Å². The first kappa shape index (κ1) is 9.12. The van der Waals surface area contributed by atoms with Gasteiger partial charge in [0, 0.05) is 30.9 Å². The fourth-order valence-electron chi connectivity index (χ4n) is 1.64. The van der Waals surface area contributed by atoms with Gasteiger partial charge in [0.15, 0.2) is 0 Å². The Bertz CT molecular complexity index is 348. The predicted molar refractivity (Wildman–Crippen MR) is 49.3 cm³/mol. The zero-order valence-corrected chi connectivity index (χ0v) is 7.74. The van der Waals surface area contributed by atoms with Gasteiger partial charge in [0.1, 0.15) is 0 Å². The summed E-state index contributed by atoms with van der Waals surface area (Å²) in [4.78, 5) is 16.9. The third-order valence-electron chi connectivity index (χ3n) is 2.37. The van der Waals surface area contributed by atoms with E-state index < -0.39 is 5.95 Å². The molecule has 0 unspecified atom stereocenters. The Labute approximate surface area is 81.6 Å². The molecular weight excluding hydrogens is 183 g/mol. The van der Waals surface area contributed by atoms with Gasteiger partial charge in [-0.1, -0.05) is 0 Å². The smallest absolute Gasteiger partial charge is 0.254 e. The van der Waals surface area contributed by atoms with Crippen molar-refractivity contribution in [3.8, 4) is 0 Å². The summed E-state index contributed by atoms with van der Waals surface area (Å²) in [7, 11) is 0. The van der Waals surface area contributed by atoms with Gasteiger partial charge >= 0.3 is 0 Å². The van der Waals surface area contributed by atoms with Crippen molar-refractivity contribution in [2.45, 2.75) is 12.8 Å². The minimum absolute atomic E-state index is 0.0937. The Morgan fingerprint density at radius 3 is 2.79 bits per heavy atom. The average Bonchev–Trinajstić information content (AvgIpc) is 2.69.